The van der Waals surface area contributed by atoms with Crippen LogP contribution in [0.4, 0.5) is 0 Å². The van der Waals surface area contributed by atoms with Crippen LogP contribution >= 0.6 is 0 Å². The summed E-state index contributed by atoms with van der Waals surface area (Å²) in [5.41, 5.74) is 0.642. The van der Waals surface area contributed by atoms with E-state index in [0.717, 1.165) is 12.3 Å². The van der Waals surface area contributed by atoms with Crippen molar-refractivity contribution < 1.29 is 0 Å². The highest BCUT2D eigenvalue weighted by molar-refractivity contribution is 5.08. The Kier molecular flexibility index (Phi) is 5.00. The highest BCUT2D eigenvalue weighted by atomic mass is 13.9. The molecule has 0 rings (SSSR count). The molecular weight excluding hydrogens is 120 g/mol. The van der Waals surface area contributed by atoms with Gasteiger partial charge in [0.25, 0.3) is 0 Å². The number of hydrogen-bond donors (Lipinski definition) is 0. The van der Waals surface area contributed by atoms with Crippen LogP contribution in [0.5, 0.6) is 0 Å². The Morgan fingerprint density at radius 1 is 1.50 bits per heavy atom. The van der Waals surface area contributed by atoms with Crippen molar-refractivity contribution in [3.63, 3.8) is 0 Å². The lowest BCUT2D eigenvalue weighted by Crippen LogP contribution is -1.83. The predicted octanol–water partition coefficient (Wildman–Crippen LogP) is 3.24. The van der Waals surface area contributed by atoms with Gasteiger partial charge in [-0.15, -0.1) is 0 Å². The summed E-state index contributed by atoms with van der Waals surface area (Å²) in [5, 5.41) is 0. The molecule has 0 aliphatic heterocycles. The lowest BCUT2D eigenvalue weighted by molar-refractivity contribution is 0.594. The van der Waals surface area contributed by atoms with Crippen LogP contribution in [0.25, 0.3) is 0 Å². The monoisotopic (exact) mass is 136 g/mol. The third-order valence-electron chi connectivity index (χ3n) is 1.28. The van der Waals surface area contributed by atoms with E-state index in [1.165, 1.54) is 6.42 Å². The minimum Gasteiger partial charge on any atom is -0.0842 e. The SMILES string of the molecule is [C]=C(C)/C=C/CCC(C)C. The molecular formula is C10H16. The average Bonchev–Trinajstić information content (AvgIpc) is 1.79. The maximum atomic E-state index is 7.09. The van der Waals surface area contributed by atoms with Gasteiger partial charge in [-0.1, -0.05) is 26.0 Å². The molecule has 0 nitrogen and oxygen atoms in total. The van der Waals surface area contributed by atoms with Gasteiger partial charge in [0.05, 0.1) is 0 Å². The van der Waals surface area contributed by atoms with Gasteiger partial charge in [0.2, 0.25) is 0 Å². The van der Waals surface area contributed by atoms with E-state index in [1.54, 1.807) is 6.92 Å². The highest BCUT2D eigenvalue weighted by Gasteiger charge is 1.88. The van der Waals surface area contributed by atoms with E-state index < -0.39 is 0 Å². The lowest BCUT2D eigenvalue weighted by atomic mass is 10.1. The molecule has 0 saturated heterocycles. The standard InChI is InChI=1S/C10H16/c1-9(2)7-5-6-8-10(3)4/h6,8-9H,5,7H2,1-3H3/b8-6+. The molecule has 0 aliphatic carbocycles. The van der Waals surface area contributed by atoms with Crippen LogP contribution in [0, 0.1) is 12.5 Å². The molecule has 0 bridgehead atoms. The van der Waals surface area contributed by atoms with E-state index in [1.807, 2.05) is 6.08 Å². The molecule has 0 aromatic heterocycles. The maximum absolute atomic E-state index is 7.09. The topological polar surface area (TPSA) is 0 Å². The summed E-state index contributed by atoms with van der Waals surface area (Å²) in [6, 6.07) is 0. The Labute approximate surface area is 64.6 Å². The fourth-order valence-electron chi connectivity index (χ4n) is 0.690. The second-order valence-electron chi connectivity index (χ2n) is 3.06. The first-order valence-corrected chi connectivity index (χ1v) is 3.84. The van der Waals surface area contributed by atoms with Gasteiger partial charge in [-0.3, -0.25) is 0 Å². The van der Waals surface area contributed by atoms with Crippen molar-refractivity contribution in [1.29, 1.82) is 0 Å². The highest BCUT2D eigenvalue weighted by Crippen LogP contribution is 2.04. The first-order valence-electron chi connectivity index (χ1n) is 3.84. The maximum Gasteiger partial charge on any atom is -0.00642 e. The first kappa shape index (κ1) is 9.48. The second kappa shape index (κ2) is 5.28. The Morgan fingerprint density at radius 2 is 2.10 bits per heavy atom. The minimum atomic E-state index is 0.642. The van der Waals surface area contributed by atoms with Gasteiger partial charge in [-0.25, -0.2) is 0 Å². The van der Waals surface area contributed by atoms with Crippen molar-refractivity contribution in [2.75, 3.05) is 0 Å². The summed E-state index contributed by atoms with van der Waals surface area (Å²) in [7, 11) is 0. The molecule has 56 valence electrons. The van der Waals surface area contributed by atoms with Crippen LogP contribution in [0.1, 0.15) is 33.6 Å². The second-order valence-corrected chi connectivity index (χ2v) is 3.06. The van der Waals surface area contributed by atoms with E-state index in [-0.39, 0.29) is 0 Å². The zero-order chi connectivity index (χ0) is 7.98. The van der Waals surface area contributed by atoms with Crippen LogP contribution < -0.4 is 0 Å². The number of hydrogen-bond acceptors (Lipinski definition) is 0. The van der Waals surface area contributed by atoms with Crippen molar-refractivity contribution >= 4 is 0 Å². The average molecular weight is 136 g/mol. The number of rotatable bonds is 4. The van der Waals surface area contributed by atoms with Crippen LogP contribution in [0.15, 0.2) is 17.7 Å². The summed E-state index contributed by atoms with van der Waals surface area (Å²) in [5.74, 6) is 0.774. The largest absolute Gasteiger partial charge is 0.0842 e. The van der Waals surface area contributed by atoms with E-state index in [2.05, 4.69) is 19.9 Å². The van der Waals surface area contributed by atoms with Gasteiger partial charge in [-0.05, 0) is 37.8 Å². The van der Waals surface area contributed by atoms with Crippen molar-refractivity contribution in [3.05, 3.63) is 24.3 Å². The van der Waals surface area contributed by atoms with E-state index in [9.17, 15) is 0 Å². The Balaban J connectivity index is 3.27. The summed E-state index contributed by atoms with van der Waals surface area (Å²) >= 11 is 0. The van der Waals surface area contributed by atoms with Gasteiger partial charge in [0.15, 0.2) is 0 Å². The zero-order valence-electron chi connectivity index (χ0n) is 7.15. The molecule has 0 amide bonds. The fourth-order valence-corrected chi connectivity index (χ4v) is 0.690. The normalized spacial score (nSPS) is 11.2. The van der Waals surface area contributed by atoms with Crippen LogP contribution in [0.2, 0.25) is 0 Å². The van der Waals surface area contributed by atoms with Gasteiger partial charge in [-0.2, -0.15) is 0 Å². The molecule has 0 spiro atoms. The Bertz CT molecular complexity index is 118. The molecule has 0 N–H and O–H groups in total. The molecule has 0 aliphatic rings. The molecule has 0 saturated carbocycles. The number of allylic oxidation sites excluding steroid dienone is 3. The Hall–Kier alpha value is -0.520. The molecule has 0 unspecified atom stereocenters. The molecule has 0 atom stereocenters. The van der Waals surface area contributed by atoms with Gasteiger partial charge in [0.1, 0.15) is 0 Å². The predicted molar refractivity (Wildman–Crippen MR) is 45.6 cm³/mol. The lowest BCUT2D eigenvalue weighted by Gasteiger charge is -1.98. The van der Waals surface area contributed by atoms with Gasteiger partial charge >= 0.3 is 0 Å². The van der Waals surface area contributed by atoms with Crippen molar-refractivity contribution in [3.8, 4) is 0 Å². The van der Waals surface area contributed by atoms with E-state index in [4.69, 9.17) is 6.58 Å². The van der Waals surface area contributed by atoms with Crippen LogP contribution in [0.3, 0.4) is 0 Å². The van der Waals surface area contributed by atoms with Gasteiger partial charge in [0, 0.05) is 0 Å². The molecule has 2 radical (unpaired) electrons. The molecule has 0 aromatic carbocycles. The molecule has 0 fully saturated rings. The molecule has 10 heavy (non-hydrogen) atoms. The summed E-state index contributed by atoms with van der Waals surface area (Å²) < 4.78 is 0. The van der Waals surface area contributed by atoms with E-state index >= 15 is 0 Å². The van der Waals surface area contributed by atoms with Crippen molar-refractivity contribution in [2.24, 2.45) is 5.92 Å². The van der Waals surface area contributed by atoms with Crippen LogP contribution in [-0.4, -0.2) is 0 Å². The first-order chi connectivity index (χ1) is 4.63. The van der Waals surface area contributed by atoms with Gasteiger partial charge < -0.3 is 0 Å². The third-order valence-corrected chi connectivity index (χ3v) is 1.28. The molecule has 0 aromatic rings. The summed E-state index contributed by atoms with van der Waals surface area (Å²) in [6.07, 6.45) is 6.27. The van der Waals surface area contributed by atoms with E-state index in [0.29, 0.717) is 5.57 Å². The molecule has 0 heteroatoms. The Morgan fingerprint density at radius 3 is 2.50 bits per heavy atom. The third kappa shape index (κ3) is 7.48. The van der Waals surface area contributed by atoms with Crippen molar-refractivity contribution in [1.82, 2.24) is 0 Å². The minimum absolute atomic E-state index is 0.642. The smallest absolute Gasteiger partial charge is 0.00642 e. The summed E-state index contributed by atoms with van der Waals surface area (Å²) in [4.78, 5) is 0. The quantitative estimate of drug-likeness (QED) is 0.520. The van der Waals surface area contributed by atoms with Crippen molar-refractivity contribution in [2.45, 2.75) is 33.6 Å². The fraction of sp³-hybridized carbons (Fsp3) is 0.600. The summed E-state index contributed by atoms with van der Waals surface area (Å²) in [6.45, 7) is 13.3. The zero-order valence-corrected chi connectivity index (χ0v) is 7.15. The molecule has 0 heterocycles. The van der Waals surface area contributed by atoms with Crippen LogP contribution in [-0.2, 0) is 0 Å².